The van der Waals surface area contributed by atoms with Crippen molar-refractivity contribution in [2.75, 3.05) is 5.75 Å². The molecule has 9 heteroatoms. The summed E-state index contributed by atoms with van der Waals surface area (Å²) in [6, 6.07) is 8.63. The normalized spacial score (nSPS) is 13.8. The van der Waals surface area contributed by atoms with Gasteiger partial charge in [0.15, 0.2) is 0 Å². The number of amides is 1. The van der Waals surface area contributed by atoms with Crippen LogP contribution in [0.25, 0.3) is 0 Å². The van der Waals surface area contributed by atoms with Crippen molar-refractivity contribution in [3.63, 3.8) is 0 Å². The molecule has 1 aromatic heterocycles. The molecular formula is C21H19ClF3N3OS. The molecule has 0 bridgehead atoms. The van der Waals surface area contributed by atoms with Gasteiger partial charge in [-0.05, 0) is 48.9 Å². The summed E-state index contributed by atoms with van der Waals surface area (Å²) in [7, 11) is 0. The predicted molar refractivity (Wildman–Crippen MR) is 109 cm³/mol. The van der Waals surface area contributed by atoms with Gasteiger partial charge in [-0.1, -0.05) is 41.9 Å². The molecule has 1 N–H and O–H groups in total. The van der Waals surface area contributed by atoms with Gasteiger partial charge < -0.3 is 5.32 Å². The summed E-state index contributed by atoms with van der Waals surface area (Å²) in [6.45, 7) is 0.271. The third kappa shape index (κ3) is 5.46. The van der Waals surface area contributed by atoms with Gasteiger partial charge in [0.1, 0.15) is 11.1 Å². The van der Waals surface area contributed by atoms with Gasteiger partial charge >= 0.3 is 6.18 Å². The van der Waals surface area contributed by atoms with Crippen molar-refractivity contribution in [3.8, 4) is 6.07 Å². The second-order valence-electron chi connectivity index (χ2n) is 6.95. The number of nitrogens with zero attached hydrogens (tertiary/aromatic N) is 2. The Hall–Kier alpha value is -2.24. The highest BCUT2D eigenvalue weighted by Gasteiger charge is 2.39. The molecule has 0 saturated heterocycles. The molecule has 0 spiro atoms. The van der Waals surface area contributed by atoms with Crippen LogP contribution >= 0.6 is 23.4 Å². The van der Waals surface area contributed by atoms with E-state index in [0.717, 1.165) is 30.2 Å². The van der Waals surface area contributed by atoms with Gasteiger partial charge in [-0.2, -0.15) is 18.4 Å². The number of benzene rings is 1. The maximum Gasteiger partial charge on any atom is 0.418 e. The Morgan fingerprint density at radius 3 is 2.57 bits per heavy atom. The maximum atomic E-state index is 13.8. The molecule has 1 heterocycles. The summed E-state index contributed by atoms with van der Waals surface area (Å²) in [5, 5.41) is 12.7. The number of fused-ring (bicyclic) bond motifs is 1. The molecular weight excluding hydrogens is 435 g/mol. The maximum absolute atomic E-state index is 13.8. The molecule has 1 aromatic carbocycles. The zero-order chi connectivity index (χ0) is 21.7. The fourth-order valence-corrected chi connectivity index (χ4v) is 4.37. The van der Waals surface area contributed by atoms with Crippen LogP contribution in [-0.4, -0.2) is 16.6 Å². The minimum Gasteiger partial charge on any atom is -0.351 e. The molecule has 2 aromatic rings. The Labute approximate surface area is 181 Å². The molecule has 1 aliphatic rings. The molecule has 0 saturated carbocycles. The highest BCUT2D eigenvalue weighted by Crippen LogP contribution is 2.40. The second kappa shape index (κ2) is 9.71. The van der Waals surface area contributed by atoms with E-state index in [1.807, 2.05) is 0 Å². The first-order chi connectivity index (χ1) is 14.3. The number of aromatic nitrogens is 1. The third-order valence-corrected chi connectivity index (χ3v) is 6.06. The Kier molecular flexibility index (Phi) is 7.27. The summed E-state index contributed by atoms with van der Waals surface area (Å²) < 4.78 is 41.4. The van der Waals surface area contributed by atoms with Crippen molar-refractivity contribution in [1.29, 1.82) is 5.26 Å². The minimum atomic E-state index is -4.64. The number of alkyl halides is 3. The molecule has 1 aliphatic carbocycles. The van der Waals surface area contributed by atoms with E-state index in [-0.39, 0.29) is 35.2 Å². The van der Waals surface area contributed by atoms with Crippen LogP contribution in [0, 0.1) is 11.3 Å². The molecule has 158 valence electrons. The Morgan fingerprint density at radius 1 is 1.20 bits per heavy atom. The Morgan fingerprint density at radius 2 is 1.90 bits per heavy atom. The summed E-state index contributed by atoms with van der Waals surface area (Å²) in [6.07, 6.45) is -1.71. The summed E-state index contributed by atoms with van der Waals surface area (Å²) in [5.41, 5.74) is -0.00594. The average molecular weight is 454 g/mol. The van der Waals surface area contributed by atoms with E-state index in [1.54, 1.807) is 30.3 Å². The van der Waals surface area contributed by atoms with Crippen molar-refractivity contribution in [3.05, 3.63) is 57.2 Å². The highest BCUT2D eigenvalue weighted by molar-refractivity contribution is 8.00. The van der Waals surface area contributed by atoms with Gasteiger partial charge in [0.2, 0.25) is 5.91 Å². The first kappa shape index (κ1) is 22.4. The number of halogens is 4. The van der Waals surface area contributed by atoms with E-state index in [0.29, 0.717) is 23.6 Å². The lowest BCUT2D eigenvalue weighted by molar-refractivity contribution is -0.138. The van der Waals surface area contributed by atoms with Crippen LogP contribution in [0.4, 0.5) is 13.2 Å². The molecule has 1 amide bonds. The number of hydrogen-bond donors (Lipinski definition) is 1. The van der Waals surface area contributed by atoms with Crippen molar-refractivity contribution in [2.24, 2.45) is 0 Å². The van der Waals surface area contributed by atoms with Crippen LogP contribution in [0.3, 0.4) is 0 Å². The van der Waals surface area contributed by atoms with E-state index < -0.39 is 17.3 Å². The number of pyridine rings is 1. The lowest BCUT2D eigenvalue weighted by atomic mass is 9.97. The molecule has 4 nitrogen and oxygen atoms in total. The van der Waals surface area contributed by atoms with Gasteiger partial charge in [-0.25, -0.2) is 4.98 Å². The van der Waals surface area contributed by atoms with Crippen molar-refractivity contribution < 1.29 is 18.0 Å². The summed E-state index contributed by atoms with van der Waals surface area (Å²) in [4.78, 5) is 16.6. The fraction of sp³-hybridized carbons (Fsp3) is 0.381. The largest absolute Gasteiger partial charge is 0.418 e. The van der Waals surface area contributed by atoms with Gasteiger partial charge in [0, 0.05) is 17.3 Å². The van der Waals surface area contributed by atoms with E-state index in [4.69, 9.17) is 11.6 Å². The zero-order valence-electron chi connectivity index (χ0n) is 16.0. The van der Waals surface area contributed by atoms with Crippen LogP contribution in [0.5, 0.6) is 0 Å². The first-order valence-corrected chi connectivity index (χ1v) is 10.8. The second-order valence-corrected chi connectivity index (χ2v) is 8.35. The van der Waals surface area contributed by atoms with Gasteiger partial charge in [0.05, 0.1) is 16.9 Å². The fourth-order valence-electron chi connectivity index (χ4n) is 3.40. The molecule has 0 fully saturated rings. The van der Waals surface area contributed by atoms with E-state index >= 15 is 0 Å². The standard InChI is InChI=1S/C21H19ClF3N3OS/c22-14-8-6-13(7-9-14)11-27-18(29)12-30-20-16(10-26)19(21(23,24)25)15-4-2-1-3-5-17(15)28-20/h6-9H,1-5,11-12H2,(H,27,29). The lowest BCUT2D eigenvalue weighted by Crippen LogP contribution is -2.25. The lowest BCUT2D eigenvalue weighted by Gasteiger charge is -2.18. The van der Waals surface area contributed by atoms with Crippen LogP contribution in [-0.2, 0) is 30.4 Å². The number of aryl methyl sites for hydroxylation is 1. The minimum absolute atomic E-state index is 0.0351. The van der Waals surface area contributed by atoms with Gasteiger partial charge in [0.25, 0.3) is 0 Å². The third-order valence-electron chi connectivity index (χ3n) is 4.83. The zero-order valence-corrected chi connectivity index (χ0v) is 17.6. The first-order valence-electron chi connectivity index (χ1n) is 9.46. The van der Waals surface area contributed by atoms with E-state index in [1.165, 1.54) is 0 Å². The van der Waals surface area contributed by atoms with Gasteiger partial charge in [-0.3, -0.25) is 4.79 Å². The van der Waals surface area contributed by atoms with Gasteiger partial charge in [-0.15, -0.1) is 0 Å². The number of nitriles is 1. The quantitative estimate of drug-likeness (QED) is 0.492. The average Bonchev–Trinajstić information content (AvgIpc) is 2.94. The van der Waals surface area contributed by atoms with Crippen molar-refractivity contribution in [1.82, 2.24) is 10.3 Å². The highest BCUT2D eigenvalue weighted by atomic mass is 35.5. The number of carbonyl (C=O) groups excluding carboxylic acids is 1. The number of thioether (sulfide) groups is 1. The number of hydrogen-bond acceptors (Lipinski definition) is 4. The topological polar surface area (TPSA) is 65.8 Å². The van der Waals surface area contributed by atoms with Crippen molar-refractivity contribution in [2.45, 2.75) is 49.9 Å². The van der Waals surface area contributed by atoms with E-state index in [9.17, 15) is 23.2 Å². The van der Waals surface area contributed by atoms with Crippen LogP contribution in [0.2, 0.25) is 5.02 Å². The van der Waals surface area contributed by atoms with Crippen LogP contribution in [0.1, 0.15) is 47.2 Å². The van der Waals surface area contributed by atoms with Crippen LogP contribution < -0.4 is 5.32 Å². The van der Waals surface area contributed by atoms with Crippen LogP contribution in [0.15, 0.2) is 29.3 Å². The molecule has 0 radical (unpaired) electrons. The summed E-state index contributed by atoms with van der Waals surface area (Å²) >= 11 is 6.68. The molecule has 0 unspecified atom stereocenters. The molecule has 0 aliphatic heterocycles. The number of rotatable bonds is 5. The monoisotopic (exact) mass is 453 g/mol. The Balaban J connectivity index is 1.78. The number of nitrogens with one attached hydrogen (secondary N) is 1. The predicted octanol–water partition coefficient (Wildman–Crippen LogP) is 5.30. The molecule has 30 heavy (non-hydrogen) atoms. The molecule has 0 atom stereocenters. The summed E-state index contributed by atoms with van der Waals surface area (Å²) in [5.74, 6) is -0.491. The SMILES string of the molecule is N#Cc1c(SCC(=O)NCc2ccc(Cl)cc2)nc2c(c1C(F)(F)F)CCCCC2. The number of carbonyl (C=O) groups is 1. The smallest absolute Gasteiger partial charge is 0.351 e. The van der Waals surface area contributed by atoms with E-state index in [2.05, 4.69) is 10.3 Å². The van der Waals surface area contributed by atoms with Crippen molar-refractivity contribution >= 4 is 29.3 Å². The molecule has 3 rings (SSSR count). The Bertz CT molecular complexity index is 971.